The quantitative estimate of drug-likeness (QED) is 0.628. The Morgan fingerprint density at radius 3 is 2.94 bits per heavy atom. The predicted octanol–water partition coefficient (Wildman–Crippen LogP) is 2.58. The van der Waals surface area contributed by atoms with Crippen LogP contribution in [-0.2, 0) is 4.74 Å². The zero-order chi connectivity index (χ0) is 11.7. The van der Waals surface area contributed by atoms with Crippen LogP contribution in [0.1, 0.15) is 23.0 Å². The lowest BCUT2D eigenvalue weighted by molar-refractivity contribution is 0.0520. The fourth-order valence-electron chi connectivity index (χ4n) is 1.47. The Kier molecular flexibility index (Phi) is 2.96. The lowest BCUT2D eigenvalue weighted by Crippen LogP contribution is -2.04. The molecule has 0 aliphatic rings. The molecule has 0 fully saturated rings. The Bertz CT molecular complexity index is 509. The molecular weight excluding hydrogens is 272 g/mol. The predicted molar refractivity (Wildman–Crippen MR) is 63.6 cm³/mol. The van der Waals surface area contributed by atoms with Gasteiger partial charge in [-0.15, -0.1) is 0 Å². The van der Waals surface area contributed by atoms with Gasteiger partial charge in [0, 0.05) is 6.20 Å². The van der Waals surface area contributed by atoms with E-state index in [1.54, 1.807) is 13.1 Å². The minimum absolute atomic E-state index is 0.330. The van der Waals surface area contributed by atoms with E-state index in [1.165, 1.54) is 0 Å². The number of pyridine rings is 1. The van der Waals surface area contributed by atoms with E-state index in [0.717, 1.165) is 15.8 Å². The highest BCUT2D eigenvalue weighted by atomic mass is 79.9. The molecule has 0 bridgehead atoms. The van der Waals surface area contributed by atoms with Crippen molar-refractivity contribution in [1.82, 2.24) is 9.38 Å². The highest BCUT2D eigenvalue weighted by Crippen LogP contribution is 2.18. The zero-order valence-corrected chi connectivity index (χ0v) is 10.6. The Morgan fingerprint density at radius 1 is 1.56 bits per heavy atom. The van der Waals surface area contributed by atoms with E-state index in [-0.39, 0.29) is 0 Å². The van der Waals surface area contributed by atoms with Gasteiger partial charge in [0.2, 0.25) is 0 Å². The molecular formula is C11H11BrN2O2. The number of aryl methyl sites for hydroxylation is 1. The van der Waals surface area contributed by atoms with Gasteiger partial charge in [0.25, 0.3) is 0 Å². The summed E-state index contributed by atoms with van der Waals surface area (Å²) < 4.78 is 7.59. The van der Waals surface area contributed by atoms with Crippen LogP contribution in [0, 0.1) is 6.92 Å². The average Bonchev–Trinajstić information content (AvgIpc) is 2.70. The molecule has 4 nitrogen and oxygen atoms in total. The molecule has 16 heavy (non-hydrogen) atoms. The van der Waals surface area contributed by atoms with Crippen molar-refractivity contribution in [2.45, 2.75) is 13.8 Å². The van der Waals surface area contributed by atoms with Crippen molar-refractivity contribution in [3.8, 4) is 0 Å². The van der Waals surface area contributed by atoms with E-state index in [2.05, 4.69) is 20.9 Å². The highest BCUT2D eigenvalue weighted by Gasteiger charge is 2.13. The number of hydrogen-bond donors (Lipinski definition) is 0. The van der Waals surface area contributed by atoms with Crippen molar-refractivity contribution in [1.29, 1.82) is 0 Å². The number of halogens is 1. The van der Waals surface area contributed by atoms with Gasteiger partial charge in [-0.25, -0.2) is 9.78 Å². The van der Waals surface area contributed by atoms with Crippen molar-refractivity contribution in [2.75, 3.05) is 6.61 Å². The standard InChI is InChI=1S/C11H11BrN2O2/c1-3-16-11(15)8-6-14-9(12)5-4-7(2)10(14)13-8/h4-6H,3H2,1-2H3. The maximum atomic E-state index is 11.5. The summed E-state index contributed by atoms with van der Waals surface area (Å²) in [4.78, 5) is 15.8. The maximum Gasteiger partial charge on any atom is 0.358 e. The van der Waals surface area contributed by atoms with Crippen LogP contribution in [0.25, 0.3) is 5.65 Å². The van der Waals surface area contributed by atoms with Crippen LogP contribution in [0.15, 0.2) is 22.9 Å². The molecule has 5 heteroatoms. The number of esters is 1. The Hall–Kier alpha value is -1.36. The lowest BCUT2D eigenvalue weighted by Gasteiger charge is -1.98. The van der Waals surface area contributed by atoms with Crippen molar-refractivity contribution in [3.63, 3.8) is 0 Å². The molecule has 0 aromatic carbocycles. The van der Waals surface area contributed by atoms with E-state index >= 15 is 0 Å². The van der Waals surface area contributed by atoms with Gasteiger partial charge in [-0.1, -0.05) is 6.07 Å². The molecule has 2 aromatic rings. The van der Waals surface area contributed by atoms with Crippen LogP contribution in [0.5, 0.6) is 0 Å². The van der Waals surface area contributed by atoms with Gasteiger partial charge >= 0.3 is 5.97 Å². The molecule has 0 aliphatic carbocycles. The molecule has 0 spiro atoms. The van der Waals surface area contributed by atoms with Crippen molar-refractivity contribution >= 4 is 27.5 Å². The number of carbonyl (C=O) groups excluding carboxylic acids is 1. The van der Waals surface area contributed by atoms with E-state index in [4.69, 9.17) is 4.74 Å². The first-order chi connectivity index (χ1) is 7.63. The summed E-state index contributed by atoms with van der Waals surface area (Å²) in [5.41, 5.74) is 2.10. The second kappa shape index (κ2) is 4.25. The molecule has 0 saturated heterocycles. The molecule has 0 amide bonds. The minimum atomic E-state index is -0.391. The largest absolute Gasteiger partial charge is 0.461 e. The van der Waals surface area contributed by atoms with Crippen LogP contribution < -0.4 is 0 Å². The minimum Gasteiger partial charge on any atom is -0.461 e. The van der Waals surface area contributed by atoms with Gasteiger partial charge in [-0.2, -0.15) is 0 Å². The van der Waals surface area contributed by atoms with Gasteiger partial charge in [0.15, 0.2) is 5.69 Å². The number of aromatic nitrogens is 2. The first kappa shape index (κ1) is 11.1. The second-order valence-electron chi connectivity index (χ2n) is 3.38. The number of hydrogen-bond acceptors (Lipinski definition) is 3. The molecule has 2 aromatic heterocycles. The van der Waals surface area contributed by atoms with Crippen molar-refractivity contribution in [2.24, 2.45) is 0 Å². The lowest BCUT2D eigenvalue weighted by atomic mass is 10.3. The summed E-state index contributed by atoms with van der Waals surface area (Å²) in [6.07, 6.45) is 1.67. The maximum absolute atomic E-state index is 11.5. The highest BCUT2D eigenvalue weighted by molar-refractivity contribution is 9.10. The SMILES string of the molecule is CCOC(=O)c1cn2c(Br)ccc(C)c2n1. The third-order valence-corrected chi connectivity index (χ3v) is 2.89. The summed E-state index contributed by atoms with van der Waals surface area (Å²) in [6.45, 7) is 4.07. The topological polar surface area (TPSA) is 43.6 Å². The molecule has 0 saturated carbocycles. The molecule has 0 atom stereocenters. The van der Waals surface area contributed by atoms with Crippen LogP contribution >= 0.6 is 15.9 Å². The number of ether oxygens (including phenoxy) is 1. The van der Waals surface area contributed by atoms with Gasteiger partial charge in [0.1, 0.15) is 5.65 Å². The van der Waals surface area contributed by atoms with Gasteiger partial charge < -0.3 is 4.74 Å². The monoisotopic (exact) mass is 282 g/mol. The third kappa shape index (κ3) is 1.82. The smallest absolute Gasteiger partial charge is 0.358 e. The zero-order valence-electron chi connectivity index (χ0n) is 9.03. The fourth-order valence-corrected chi connectivity index (χ4v) is 1.88. The molecule has 0 N–H and O–H groups in total. The summed E-state index contributed by atoms with van der Waals surface area (Å²) in [6, 6.07) is 3.86. The molecule has 0 aliphatic heterocycles. The second-order valence-corrected chi connectivity index (χ2v) is 4.19. The molecule has 2 heterocycles. The summed E-state index contributed by atoms with van der Waals surface area (Å²) >= 11 is 3.40. The van der Waals surface area contributed by atoms with Crippen LogP contribution in [0.2, 0.25) is 0 Å². The van der Waals surface area contributed by atoms with E-state index in [1.807, 2.05) is 23.5 Å². The van der Waals surface area contributed by atoms with Gasteiger partial charge in [0.05, 0.1) is 11.2 Å². The van der Waals surface area contributed by atoms with Gasteiger partial charge in [-0.3, -0.25) is 4.40 Å². The molecule has 2 rings (SSSR count). The van der Waals surface area contributed by atoms with E-state index in [9.17, 15) is 4.79 Å². The number of imidazole rings is 1. The fraction of sp³-hybridized carbons (Fsp3) is 0.273. The average molecular weight is 283 g/mol. The first-order valence-corrected chi connectivity index (χ1v) is 5.74. The Labute approximate surface area is 101 Å². The van der Waals surface area contributed by atoms with E-state index in [0.29, 0.717) is 12.3 Å². The van der Waals surface area contributed by atoms with Crippen molar-refractivity contribution < 1.29 is 9.53 Å². The first-order valence-electron chi connectivity index (χ1n) is 4.94. The molecule has 84 valence electrons. The van der Waals surface area contributed by atoms with E-state index < -0.39 is 5.97 Å². The number of rotatable bonds is 2. The van der Waals surface area contributed by atoms with Gasteiger partial charge in [-0.05, 0) is 41.4 Å². The van der Waals surface area contributed by atoms with Crippen LogP contribution in [-0.4, -0.2) is 22.0 Å². The summed E-state index contributed by atoms with van der Waals surface area (Å²) in [5.74, 6) is -0.391. The molecule has 0 unspecified atom stereocenters. The Morgan fingerprint density at radius 2 is 2.31 bits per heavy atom. The normalized spacial score (nSPS) is 10.7. The van der Waals surface area contributed by atoms with Crippen molar-refractivity contribution in [3.05, 3.63) is 34.2 Å². The third-order valence-electron chi connectivity index (χ3n) is 2.24. The van der Waals surface area contributed by atoms with Crippen LogP contribution in [0.3, 0.4) is 0 Å². The number of carbonyl (C=O) groups is 1. The summed E-state index contributed by atoms with van der Waals surface area (Å²) in [5, 5.41) is 0. The number of nitrogens with zero attached hydrogens (tertiary/aromatic N) is 2. The van der Waals surface area contributed by atoms with Crippen LogP contribution in [0.4, 0.5) is 0 Å². The Balaban J connectivity index is 2.55. The molecule has 0 radical (unpaired) electrons. The summed E-state index contributed by atoms with van der Waals surface area (Å²) in [7, 11) is 0. The number of fused-ring (bicyclic) bond motifs is 1.